The van der Waals surface area contributed by atoms with Crippen molar-refractivity contribution in [1.82, 2.24) is 15.5 Å². The van der Waals surface area contributed by atoms with Crippen LogP contribution in [0.2, 0.25) is 0 Å². The second-order valence-corrected chi connectivity index (χ2v) is 11.1. The number of nitrogens with zero attached hydrogens (tertiary/aromatic N) is 1. The quantitative estimate of drug-likeness (QED) is 0.312. The van der Waals surface area contributed by atoms with Gasteiger partial charge < -0.3 is 20.3 Å². The number of carbonyl (C=O) groups excluding carboxylic acids is 3. The van der Waals surface area contributed by atoms with Crippen molar-refractivity contribution in [1.29, 1.82) is 0 Å². The van der Waals surface area contributed by atoms with Crippen molar-refractivity contribution < 1.29 is 19.1 Å². The largest absolute Gasteiger partial charge is 0.444 e. The van der Waals surface area contributed by atoms with E-state index in [0.29, 0.717) is 29.8 Å². The SMILES string of the molecule is C#Cc1ccc(C(C(=O)NCCCC)N(C(=O)C(CCSC)NC(=O)OC(C)(C)C)C2CCC2)cc1. The van der Waals surface area contributed by atoms with Crippen molar-refractivity contribution in [3.8, 4) is 12.3 Å². The molecule has 1 saturated carbocycles. The number of unbranched alkanes of at least 4 members (excludes halogenated alkanes) is 1. The van der Waals surface area contributed by atoms with Gasteiger partial charge in [-0.1, -0.05) is 31.4 Å². The lowest BCUT2D eigenvalue weighted by atomic mass is 9.87. The van der Waals surface area contributed by atoms with Gasteiger partial charge in [-0.15, -0.1) is 6.42 Å². The lowest BCUT2D eigenvalue weighted by Crippen LogP contribution is -2.57. The highest BCUT2D eigenvalue weighted by Gasteiger charge is 2.41. The summed E-state index contributed by atoms with van der Waals surface area (Å²) < 4.78 is 5.44. The number of alkyl carbamates (subject to hydrolysis) is 1. The monoisotopic (exact) mass is 515 g/mol. The summed E-state index contributed by atoms with van der Waals surface area (Å²) in [5.74, 6) is 2.78. The van der Waals surface area contributed by atoms with E-state index in [1.165, 1.54) is 0 Å². The zero-order valence-electron chi connectivity index (χ0n) is 22.3. The Hall–Kier alpha value is -2.66. The molecule has 1 aromatic rings. The Balaban J connectivity index is 2.44. The molecular formula is C28H41N3O4S. The van der Waals surface area contributed by atoms with Crippen LogP contribution in [0.25, 0.3) is 0 Å². The first-order valence-corrected chi connectivity index (χ1v) is 14.2. The van der Waals surface area contributed by atoms with Gasteiger partial charge in [-0.2, -0.15) is 11.8 Å². The van der Waals surface area contributed by atoms with Crippen LogP contribution in [0.3, 0.4) is 0 Å². The molecule has 1 fully saturated rings. The smallest absolute Gasteiger partial charge is 0.408 e. The minimum absolute atomic E-state index is 0.0797. The van der Waals surface area contributed by atoms with E-state index in [1.54, 1.807) is 49.6 Å². The maximum atomic E-state index is 14.1. The third-order valence-corrected chi connectivity index (χ3v) is 6.72. The summed E-state index contributed by atoms with van der Waals surface area (Å²) in [6.07, 6.45) is 11.7. The Morgan fingerprint density at radius 2 is 1.89 bits per heavy atom. The Labute approximate surface area is 220 Å². The molecule has 2 unspecified atom stereocenters. The van der Waals surface area contributed by atoms with Crippen molar-refractivity contribution in [2.24, 2.45) is 0 Å². The Morgan fingerprint density at radius 1 is 1.22 bits per heavy atom. The second kappa shape index (κ2) is 14.2. The van der Waals surface area contributed by atoms with Gasteiger partial charge >= 0.3 is 6.09 Å². The normalized spacial score (nSPS) is 15.1. The molecule has 2 atom stereocenters. The van der Waals surface area contributed by atoms with Crippen molar-refractivity contribution in [3.05, 3.63) is 35.4 Å². The van der Waals surface area contributed by atoms with Crippen LogP contribution in [-0.4, -0.2) is 59.0 Å². The molecule has 0 bridgehead atoms. The number of amides is 3. The van der Waals surface area contributed by atoms with E-state index >= 15 is 0 Å². The molecule has 0 radical (unpaired) electrons. The summed E-state index contributed by atoms with van der Waals surface area (Å²) in [6, 6.07) is 5.51. The minimum Gasteiger partial charge on any atom is -0.444 e. The number of thioether (sulfide) groups is 1. The van der Waals surface area contributed by atoms with Gasteiger partial charge in [-0.25, -0.2) is 4.79 Å². The van der Waals surface area contributed by atoms with Crippen LogP contribution in [0.1, 0.15) is 83.4 Å². The highest BCUT2D eigenvalue weighted by molar-refractivity contribution is 7.98. The first-order chi connectivity index (χ1) is 17.1. The lowest BCUT2D eigenvalue weighted by Gasteiger charge is -2.43. The third kappa shape index (κ3) is 8.77. The molecule has 2 rings (SSSR count). The fraction of sp³-hybridized carbons (Fsp3) is 0.607. The standard InChI is InChI=1S/C28H41N3O4S/c1-7-9-18-29-25(32)24(21-15-13-20(8-2)14-16-21)31(22-11-10-12-22)26(33)23(17-19-36-6)30-27(34)35-28(3,4)5/h2,13-16,22-24H,7,9-12,17-19H2,1,3-6H3,(H,29,32)(H,30,34). The molecular weight excluding hydrogens is 474 g/mol. The molecule has 1 aromatic carbocycles. The molecule has 3 amide bonds. The number of rotatable bonds is 12. The van der Waals surface area contributed by atoms with E-state index in [9.17, 15) is 14.4 Å². The minimum atomic E-state index is -0.816. The van der Waals surface area contributed by atoms with Gasteiger partial charge in [0.15, 0.2) is 0 Å². The summed E-state index contributed by atoms with van der Waals surface area (Å²) in [6.45, 7) is 7.94. The number of ether oxygens (including phenoxy) is 1. The van der Waals surface area contributed by atoms with Crippen LogP contribution in [0.4, 0.5) is 4.79 Å². The number of hydrogen-bond acceptors (Lipinski definition) is 5. The predicted octanol–water partition coefficient (Wildman–Crippen LogP) is 4.65. The molecule has 0 aliphatic heterocycles. The molecule has 0 saturated heterocycles. The van der Waals surface area contributed by atoms with E-state index in [4.69, 9.17) is 11.2 Å². The maximum absolute atomic E-state index is 14.1. The molecule has 1 aliphatic carbocycles. The van der Waals surface area contributed by atoms with Crippen molar-refractivity contribution in [2.45, 2.75) is 89.9 Å². The van der Waals surface area contributed by atoms with Crippen LogP contribution in [0, 0.1) is 12.3 Å². The first-order valence-electron chi connectivity index (χ1n) is 12.8. The van der Waals surface area contributed by atoms with E-state index in [1.807, 2.05) is 18.4 Å². The van der Waals surface area contributed by atoms with Crippen molar-refractivity contribution in [2.75, 3.05) is 18.6 Å². The summed E-state index contributed by atoms with van der Waals surface area (Å²) in [7, 11) is 0. The fourth-order valence-corrected chi connectivity index (χ4v) is 4.46. The molecule has 1 aliphatic rings. The molecule has 36 heavy (non-hydrogen) atoms. The van der Waals surface area contributed by atoms with Gasteiger partial charge in [-0.05, 0) is 82.6 Å². The van der Waals surface area contributed by atoms with Crippen LogP contribution in [0.5, 0.6) is 0 Å². The highest BCUT2D eigenvalue weighted by Crippen LogP contribution is 2.34. The van der Waals surface area contributed by atoms with Gasteiger partial charge in [0.2, 0.25) is 11.8 Å². The van der Waals surface area contributed by atoms with Crippen LogP contribution < -0.4 is 10.6 Å². The van der Waals surface area contributed by atoms with E-state index in [0.717, 1.165) is 32.1 Å². The Morgan fingerprint density at radius 3 is 2.39 bits per heavy atom. The lowest BCUT2D eigenvalue weighted by molar-refractivity contribution is -0.147. The third-order valence-electron chi connectivity index (χ3n) is 6.07. The average molecular weight is 516 g/mol. The average Bonchev–Trinajstić information content (AvgIpc) is 2.79. The molecule has 0 spiro atoms. The summed E-state index contributed by atoms with van der Waals surface area (Å²) in [5, 5.41) is 5.80. The molecule has 0 heterocycles. The van der Waals surface area contributed by atoms with E-state index < -0.39 is 23.8 Å². The van der Waals surface area contributed by atoms with Gasteiger partial charge in [0.1, 0.15) is 17.7 Å². The van der Waals surface area contributed by atoms with Gasteiger partial charge in [-0.3, -0.25) is 9.59 Å². The molecule has 7 nitrogen and oxygen atoms in total. The molecule has 198 valence electrons. The van der Waals surface area contributed by atoms with Crippen LogP contribution in [-0.2, 0) is 14.3 Å². The zero-order chi connectivity index (χ0) is 26.7. The van der Waals surface area contributed by atoms with Crippen LogP contribution >= 0.6 is 11.8 Å². The van der Waals surface area contributed by atoms with Gasteiger partial charge in [0.05, 0.1) is 0 Å². The topological polar surface area (TPSA) is 87.7 Å². The zero-order valence-corrected chi connectivity index (χ0v) is 23.1. The van der Waals surface area contributed by atoms with Gasteiger partial charge in [0.25, 0.3) is 0 Å². The fourth-order valence-electron chi connectivity index (χ4n) is 3.99. The van der Waals surface area contributed by atoms with E-state index in [-0.39, 0.29) is 17.9 Å². The van der Waals surface area contributed by atoms with E-state index in [2.05, 4.69) is 23.5 Å². The number of benzene rings is 1. The molecule has 0 aromatic heterocycles. The van der Waals surface area contributed by atoms with Crippen LogP contribution in [0.15, 0.2) is 24.3 Å². The second-order valence-electron chi connectivity index (χ2n) is 10.1. The number of nitrogens with one attached hydrogen (secondary N) is 2. The highest BCUT2D eigenvalue weighted by atomic mass is 32.2. The number of hydrogen-bond donors (Lipinski definition) is 2. The molecule has 8 heteroatoms. The maximum Gasteiger partial charge on any atom is 0.408 e. The predicted molar refractivity (Wildman–Crippen MR) is 146 cm³/mol. The Kier molecular flexibility index (Phi) is 11.6. The molecule has 2 N–H and O–H groups in total. The summed E-state index contributed by atoms with van der Waals surface area (Å²) in [5.41, 5.74) is 0.713. The number of carbonyl (C=O) groups is 3. The summed E-state index contributed by atoms with van der Waals surface area (Å²) >= 11 is 1.60. The van der Waals surface area contributed by atoms with Gasteiger partial charge in [0, 0.05) is 18.2 Å². The van der Waals surface area contributed by atoms with Crippen molar-refractivity contribution >= 4 is 29.7 Å². The summed E-state index contributed by atoms with van der Waals surface area (Å²) in [4.78, 5) is 42.0. The number of terminal acetylenes is 1. The Bertz CT molecular complexity index is 916. The van der Waals surface area contributed by atoms with Crippen molar-refractivity contribution in [3.63, 3.8) is 0 Å². The first kappa shape index (κ1) is 29.6.